The van der Waals surface area contributed by atoms with Crippen LogP contribution in [-0.2, 0) is 0 Å². The van der Waals surface area contributed by atoms with Crippen molar-refractivity contribution in [3.8, 4) is 16.9 Å². The molecule has 28 heavy (non-hydrogen) atoms. The zero-order valence-electron chi connectivity index (χ0n) is 15.5. The van der Waals surface area contributed by atoms with Gasteiger partial charge in [0, 0.05) is 16.8 Å². The summed E-state index contributed by atoms with van der Waals surface area (Å²) >= 11 is 0. The van der Waals surface area contributed by atoms with E-state index in [2.05, 4.69) is 46.8 Å². The van der Waals surface area contributed by atoms with Crippen LogP contribution in [0.1, 0.15) is 15.9 Å². The predicted octanol–water partition coefficient (Wildman–Crippen LogP) is 4.54. The van der Waals surface area contributed by atoms with Crippen LogP contribution in [0.2, 0.25) is 0 Å². The standard InChI is InChI=1S/C23H20N4O/c1-17-7-9-18(10-8-17)22-15-25-26-27(22)21-13-11-19(12-14-21)23(28)16-24-20-5-3-2-4-6-20/h2-15,24H,16H2,1H3. The van der Waals surface area contributed by atoms with Crippen LogP contribution in [0.25, 0.3) is 16.9 Å². The number of anilines is 1. The number of Topliss-reactive ketones (excluding diaryl/α,β-unsaturated/α-hetero) is 1. The van der Waals surface area contributed by atoms with Crippen molar-refractivity contribution < 1.29 is 4.79 Å². The maximum absolute atomic E-state index is 12.4. The van der Waals surface area contributed by atoms with Gasteiger partial charge in [-0.2, -0.15) is 0 Å². The molecule has 3 aromatic carbocycles. The number of carbonyl (C=O) groups is 1. The number of ketones is 1. The molecule has 0 aliphatic carbocycles. The molecule has 1 N–H and O–H groups in total. The van der Waals surface area contributed by atoms with Gasteiger partial charge in [0.15, 0.2) is 5.78 Å². The average Bonchev–Trinajstić information content (AvgIpc) is 3.23. The minimum Gasteiger partial charge on any atom is -0.378 e. The van der Waals surface area contributed by atoms with Gasteiger partial charge in [-0.25, -0.2) is 4.68 Å². The Hall–Kier alpha value is -3.73. The number of aryl methyl sites for hydroxylation is 1. The molecule has 4 rings (SSSR count). The first kappa shape index (κ1) is 17.7. The van der Waals surface area contributed by atoms with E-state index in [9.17, 15) is 4.79 Å². The molecule has 4 aromatic rings. The summed E-state index contributed by atoms with van der Waals surface area (Å²) < 4.78 is 1.78. The topological polar surface area (TPSA) is 59.8 Å². The number of aromatic nitrogens is 3. The van der Waals surface area contributed by atoms with Gasteiger partial charge in [0.2, 0.25) is 0 Å². The van der Waals surface area contributed by atoms with Crippen molar-refractivity contribution >= 4 is 11.5 Å². The summed E-state index contributed by atoms with van der Waals surface area (Å²) in [6, 6.07) is 25.4. The van der Waals surface area contributed by atoms with Gasteiger partial charge < -0.3 is 5.32 Å². The van der Waals surface area contributed by atoms with Crippen molar-refractivity contribution in [2.75, 3.05) is 11.9 Å². The van der Waals surface area contributed by atoms with E-state index in [1.807, 2.05) is 54.6 Å². The molecule has 5 heteroatoms. The average molecular weight is 368 g/mol. The molecule has 0 radical (unpaired) electrons. The number of hydrogen-bond acceptors (Lipinski definition) is 4. The van der Waals surface area contributed by atoms with E-state index >= 15 is 0 Å². The first-order valence-electron chi connectivity index (χ1n) is 9.11. The molecule has 0 bridgehead atoms. The first-order valence-corrected chi connectivity index (χ1v) is 9.11. The van der Waals surface area contributed by atoms with Crippen LogP contribution >= 0.6 is 0 Å². The highest BCUT2D eigenvalue weighted by atomic mass is 16.1. The Morgan fingerprint density at radius 3 is 2.36 bits per heavy atom. The van der Waals surface area contributed by atoms with Crippen molar-refractivity contribution in [2.45, 2.75) is 6.92 Å². The summed E-state index contributed by atoms with van der Waals surface area (Å²) in [5.41, 5.74) is 5.60. The second kappa shape index (κ2) is 7.88. The van der Waals surface area contributed by atoms with Gasteiger partial charge in [-0.1, -0.05) is 53.2 Å². The lowest BCUT2D eigenvalue weighted by Crippen LogP contribution is -2.14. The number of carbonyl (C=O) groups excluding carboxylic acids is 1. The van der Waals surface area contributed by atoms with E-state index in [0.29, 0.717) is 5.56 Å². The lowest BCUT2D eigenvalue weighted by atomic mass is 10.1. The molecular weight excluding hydrogens is 348 g/mol. The van der Waals surface area contributed by atoms with E-state index in [-0.39, 0.29) is 12.3 Å². The Kier molecular flexibility index (Phi) is 4.97. The first-order chi connectivity index (χ1) is 13.7. The van der Waals surface area contributed by atoms with Crippen LogP contribution in [0.15, 0.2) is 85.1 Å². The van der Waals surface area contributed by atoms with Crippen molar-refractivity contribution in [1.29, 1.82) is 0 Å². The van der Waals surface area contributed by atoms with Crippen LogP contribution in [-0.4, -0.2) is 27.3 Å². The summed E-state index contributed by atoms with van der Waals surface area (Å²) in [7, 11) is 0. The largest absolute Gasteiger partial charge is 0.378 e. The van der Waals surface area contributed by atoms with Crippen LogP contribution in [0.4, 0.5) is 5.69 Å². The maximum atomic E-state index is 12.4. The molecule has 1 heterocycles. The monoisotopic (exact) mass is 368 g/mol. The Bertz CT molecular complexity index is 1070. The van der Waals surface area contributed by atoms with Gasteiger partial charge in [0.25, 0.3) is 0 Å². The molecule has 0 fully saturated rings. The van der Waals surface area contributed by atoms with E-state index < -0.39 is 0 Å². The predicted molar refractivity (Wildman–Crippen MR) is 111 cm³/mol. The molecule has 1 aromatic heterocycles. The Balaban J connectivity index is 1.50. The summed E-state index contributed by atoms with van der Waals surface area (Å²) in [5.74, 6) is 0.0350. The zero-order valence-corrected chi connectivity index (χ0v) is 15.5. The SMILES string of the molecule is Cc1ccc(-c2cnnn2-c2ccc(C(=O)CNc3ccccc3)cc2)cc1. The molecule has 138 valence electrons. The number of benzene rings is 3. The minimum atomic E-state index is 0.0350. The fourth-order valence-corrected chi connectivity index (χ4v) is 2.98. The number of nitrogens with one attached hydrogen (secondary N) is 1. The van der Waals surface area contributed by atoms with E-state index in [1.54, 1.807) is 10.9 Å². The van der Waals surface area contributed by atoms with E-state index in [1.165, 1.54) is 5.56 Å². The Morgan fingerprint density at radius 1 is 0.929 bits per heavy atom. The highest BCUT2D eigenvalue weighted by molar-refractivity contribution is 5.99. The van der Waals surface area contributed by atoms with Crippen molar-refractivity contribution in [2.24, 2.45) is 0 Å². The highest BCUT2D eigenvalue weighted by Gasteiger charge is 2.10. The van der Waals surface area contributed by atoms with Gasteiger partial charge in [-0.05, 0) is 43.3 Å². The molecule has 0 amide bonds. The van der Waals surface area contributed by atoms with Crippen molar-refractivity contribution in [3.05, 3.63) is 96.2 Å². The third kappa shape index (κ3) is 3.83. The molecule has 0 spiro atoms. The lowest BCUT2D eigenvalue weighted by molar-refractivity contribution is 0.101. The quantitative estimate of drug-likeness (QED) is 0.508. The number of rotatable bonds is 6. The van der Waals surface area contributed by atoms with Gasteiger partial charge in [0.1, 0.15) is 0 Å². The number of para-hydroxylation sites is 1. The summed E-state index contributed by atoms with van der Waals surface area (Å²) in [5, 5.41) is 11.4. The highest BCUT2D eigenvalue weighted by Crippen LogP contribution is 2.22. The summed E-state index contributed by atoms with van der Waals surface area (Å²) in [6.07, 6.45) is 1.74. The van der Waals surface area contributed by atoms with Gasteiger partial charge >= 0.3 is 0 Å². The van der Waals surface area contributed by atoms with Crippen molar-refractivity contribution in [1.82, 2.24) is 15.0 Å². The molecule has 0 atom stereocenters. The second-order valence-electron chi connectivity index (χ2n) is 6.59. The molecule has 0 saturated heterocycles. The van der Waals surface area contributed by atoms with Gasteiger partial charge in [-0.15, -0.1) is 5.10 Å². The summed E-state index contributed by atoms with van der Waals surface area (Å²) in [4.78, 5) is 12.4. The van der Waals surface area contributed by atoms with Crippen molar-refractivity contribution in [3.63, 3.8) is 0 Å². The number of hydrogen-bond donors (Lipinski definition) is 1. The third-order valence-electron chi connectivity index (χ3n) is 4.56. The van der Waals surface area contributed by atoms with Gasteiger partial charge in [0.05, 0.1) is 24.1 Å². The lowest BCUT2D eigenvalue weighted by Gasteiger charge is -2.08. The fraction of sp³-hybridized carbons (Fsp3) is 0.0870. The van der Waals surface area contributed by atoms with Crippen LogP contribution in [0.5, 0.6) is 0 Å². The Labute approximate surface area is 163 Å². The fourth-order valence-electron chi connectivity index (χ4n) is 2.98. The molecular formula is C23H20N4O. The van der Waals surface area contributed by atoms with E-state index in [0.717, 1.165) is 22.6 Å². The Morgan fingerprint density at radius 2 is 1.64 bits per heavy atom. The molecule has 0 unspecified atom stereocenters. The molecule has 0 aliphatic rings. The smallest absolute Gasteiger partial charge is 0.181 e. The van der Waals surface area contributed by atoms with Gasteiger partial charge in [-0.3, -0.25) is 4.79 Å². The normalized spacial score (nSPS) is 10.6. The number of nitrogens with zero attached hydrogens (tertiary/aromatic N) is 3. The minimum absolute atomic E-state index is 0.0350. The van der Waals surface area contributed by atoms with Crippen LogP contribution < -0.4 is 5.32 Å². The second-order valence-corrected chi connectivity index (χ2v) is 6.59. The zero-order chi connectivity index (χ0) is 19.3. The molecule has 0 saturated carbocycles. The van der Waals surface area contributed by atoms with Crippen LogP contribution in [0, 0.1) is 6.92 Å². The van der Waals surface area contributed by atoms with E-state index in [4.69, 9.17) is 0 Å². The third-order valence-corrected chi connectivity index (χ3v) is 4.56. The summed E-state index contributed by atoms with van der Waals surface area (Å²) in [6.45, 7) is 2.31. The molecule has 5 nitrogen and oxygen atoms in total. The molecule has 0 aliphatic heterocycles. The van der Waals surface area contributed by atoms with Crippen LogP contribution in [0.3, 0.4) is 0 Å². The maximum Gasteiger partial charge on any atom is 0.181 e.